The van der Waals surface area contributed by atoms with E-state index in [1.165, 1.54) is 0 Å². The Labute approximate surface area is 194 Å². The van der Waals surface area contributed by atoms with Crippen molar-refractivity contribution in [1.82, 2.24) is 0 Å². The second-order valence-electron chi connectivity index (χ2n) is 8.24. The monoisotopic (exact) mass is 428 g/mol. The zero-order valence-electron chi connectivity index (χ0n) is 17.7. The van der Waals surface area contributed by atoms with E-state index in [0.29, 0.717) is 22.3 Å². The predicted octanol–water partition coefficient (Wildman–Crippen LogP) is 6.94. The fourth-order valence-electron chi connectivity index (χ4n) is 5.05. The molecule has 0 saturated carbocycles. The first kappa shape index (κ1) is 19.3. The van der Waals surface area contributed by atoms with Crippen LogP contribution in [-0.4, -0.2) is 0 Å². The second-order valence-corrected chi connectivity index (χ2v) is 8.24. The van der Waals surface area contributed by atoms with Gasteiger partial charge in [0, 0.05) is 0 Å². The molecule has 0 N–H and O–H groups in total. The number of fused-ring (bicyclic) bond motifs is 11. The summed E-state index contributed by atoms with van der Waals surface area (Å²) in [4.78, 5) is 0. The van der Waals surface area contributed by atoms with Gasteiger partial charge in [-0.05, 0) is 102 Å². The first-order valence-electron chi connectivity index (χ1n) is 10.6. The Morgan fingerprint density at radius 1 is 0.324 bits per heavy atom. The lowest BCUT2D eigenvalue weighted by Crippen LogP contribution is -1.91. The van der Waals surface area contributed by atoms with Gasteiger partial charge in [0.05, 0.1) is 46.5 Å². The van der Waals surface area contributed by atoms with E-state index in [0.717, 1.165) is 53.9 Å². The average Bonchev–Trinajstić information content (AvgIpc) is 2.91. The Morgan fingerprint density at radius 2 is 0.559 bits per heavy atom. The molecule has 0 radical (unpaired) electrons. The first-order chi connectivity index (χ1) is 16.7. The SMILES string of the molecule is N#Cc1ccc2c(c1)c1cc(C#N)ccc1c1c3ccc(C#N)cc3c3cc(C#N)ccc3c21. The van der Waals surface area contributed by atoms with E-state index in [4.69, 9.17) is 0 Å². The van der Waals surface area contributed by atoms with Gasteiger partial charge in [0.2, 0.25) is 0 Å². The maximum Gasteiger partial charge on any atom is 0.0991 e. The molecule has 6 aromatic carbocycles. The number of nitriles is 4. The van der Waals surface area contributed by atoms with Crippen molar-refractivity contribution in [3.05, 3.63) is 95.1 Å². The minimum absolute atomic E-state index is 0.547. The molecule has 6 aromatic rings. The van der Waals surface area contributed by atoms with Gasteiger partial charge in [0.25, 0.3) is 0 Å². The van der Waals surface area contributed by atoms with Gasteiger partial charge in [-0.25, -0.2) is 0 Å². The molecule has 0 aromatic heterocycles. The van der Waals surface area contributed by atoms with Crippen molar-refractivity contribution < 1.29 is 0 Å². The van der Waals surface area contributed by atoms with Gasteiger partial charge < -0.3 is 0 Å². The predicted molar refractivity (Wildman–Crippen MR) is 133 cm³/mol. The van der Waals surface area contributed by atoms with Gasteiger partial charge in [-0.15, -0.1) is 0 Å². The molecule has 0 aliphatic heterocycles. The van der Waals surface area contributed by atoms with Crippen molar-refractivity contribution in [2.45, 2.75) is 0 Å². The summed E-state index contributed by atoms with van der Waals surface area (Å²) in [7, 11) is 0. The third kappa shape index (κ3) is 2.55. The summed E-state index contributed by atoms with van der Waals surface area (Å²) in [6.07, 6.45) is 0. The largest absolute Gasteiger partial charge is 0.192 e. The lowest BCUT2D eigenvalue weighted by Gasteiger charge is -2.17. The third-order valence-corrected chi connectivity index (χ3v) is 6.50. The van der Waals surface area contributed by atoms with E-state index < -0.39 is 0 Å². The van der Waals surface area contributed by atoms with Crippen LogP contribution >= 0.6 is 0 Å². The molecule has 0 aliphatic rings. The third-order valence-electron chi connectivity index (χ3n) is 6.50. The summed E-state index contributed by atoms with van der Waals surface area (Å²) < 4.78 is 0. The number of hydrogen-bond donors (Lipinski definition) is 0. The lowest BCUT2D eigenvalue weighted by molar-refractivity contribution is 1.49. The molecule has 0 bridgehead atoms. The molecule has 0 spiro atoms. The lowest BCUT2D eigenvalue weighted by atomic mass is 9.85. The fourth-order valence-corrected chi connectivity index (χ4v) is 5.05. The van der Waals surface area contributed by atoms with E-state index in [1.54, 1.807) is 24.3 Å². The van der Waals surface area contributed by atoms with Crippen molar-refractivity contribution >= 4 is 53.9 Å². The number of benzene rings is 6. The van der Waals surface area contributed by atoms with Crippen LogP contribution in [-0.2, 0) is 0 Å². The van der Waals surface area contributed by atoms with Crippen LogP contribution in [0.15, 0.2) is 72.8 Å². The molecule has 0 amide bonds. The van der Waals surface area contributed by atoms with Crippen LogP contribution in [0.5, 0.6) is 0 Å². The molecule has 0 aliphatic carbocycles. The first-order valence-corrected chi connectivity index (χ1v) is 10.6. The second kappa shape index (κ2) is 7.05. The van der Waals surface area contributed by atoms with E-state index in [9.17, 15) is 21.0 Å². The molecular formula is C30H12N4. The van der Waals surface area contributed by atoms with Crippen molar-refractivity contribution in [3.63, 3.8) is 0 Å². The van der Waals surface area contributed by atoms with Gasteiger partial charge in [-0.2, -0.15) is 21.0 Å². The summed E-state index contributed by atoms with van der Waals surface area (Å²) in [6, 6.07) is 31.4. The summed E-state index contributed by atoms with van der Waals surface area (Å²) in [5.74, 6) is 0. The minimum Gasteiger partial charge on any atom is -0.192 e. The average molecular weight is 428 g/mol. The standard InChI is InChI=1S/C30H12N4/c31-13-17-1-5-21-25(9-17)26-10-18(14-32)3-7-23(26)30-24-8-4-20(16-34)12-28(24)27-11-19(15-33)2-6-22(27)29(21)30/h1-12H. The molecule has 4 nitrogen and oxygen atoms in total. The highest BCUT2D eigenvalue weighted by molar-refractivity contribution is 6.39. The highest BCUT2D eigenvalue weighted by Gasteiger charge is 2.17. The Bertz CT molecular complexity index is 1760. The Hall–Kier alpha value is -5.42. The van der Waals surface area contributed by atoms with Crippen molar-refractivity contribution in [2.24, 2.45) is 0 Å². The zero-order chi connectivity index (χ0) is 23.4. The summed E-state index contributed by atoms with van der Waals surface area (Å²) in [5, 5.41) is 47.7. The maximum absolute atomic E-state index is 9.54. The number of hydrogen-bond acceptors (Lipinski definition) is 4. The topological polar surface area (TPSA) is 95.2 Å². The van der Waals surface area contributed by atoms with Crippen LogP contribution in [0.3, 0.4) is 0 Å². The highest BCUT2D eigenvalue weighted by Crippen LogP contribution is 2.44. The zero-order valence-corrected chi connectivity index (χ0v) is 17.7. The van der Waals surface area contributed by atoms with Crippen LogP contribution in [0, 0.1) is 45.3 Å². The number of nitrogens with zero attached hydrogens (tertiary/aromatic N) is 4. The molecule has 0 unspecified atom stereocenters. The molecule has 34 heavy (non-hydrogen) atoms. The Kier molecular flexibility index (Phi) is 4.00. The van der Waals surface area contributed by atoms with E-state index in [-0.39, 0.29) is 0 Å². The normalized spacial score (nSPS) is 10.8. The molecular weight excluding hydrogens is 416 g/mol. The maximum atomic E-state index is 9.54. The van der Waals surface area contributed by atoms with E-state index in [2.05, 4.69) is 24.3 Å². The highest BCUT2D eigenvalue weighted by atomic mass is 14.3. The van der Waals surface area contributed by atoms with E-state index in [1.807, 2.05) is 48.5 Å². The van der Waals surface area contributed by atoms with Crippen LogP contribution in [0.1, 0.15) is 22.3 Å². The smallest absolute Gasteiger partial charge is 0.0991 e. The molecule has 6 rings (SSSR count). The molecule has 0 atom stereocenters. The van der Waals surface area contributed by atoms with Crippen molar-refractivity contribution in [2.75, 3.05) is 0 Å². The molecule has 4 heteroatoms. The van der Waals surface area contributed by atoms with Gasteiger partial charge in [-0.3, -0.25) is 0 Å². The van der Waals surface area contributed by atoms with E-state index >= 15 is 0 Å². The fraction of sp³-hybridized carbons (Fsp3) is 0. The van der Waals surface area contributed by atoms with Crippen molar-refractivity contribution in [1.29, 1.82) is 21.0 Å². The van der Waals surface area contributed by atoms with Gasteiger partial charge >= 0.3 is 0 Å². The molecule has 0 fully saturated rings. The van der Waals surface area contributed by atoms with Crippen molar-refractivity contribution in [3.8, 4) is 24.3 Å². The van der Waals surface area contributed by atoms with Gasteiger partial charge in [0.1, 0.15) is 0 Å². The van der Waals surface area contributed by atoms with Gasteiger partial charge in [-0.1, -0.05) is 24.3 Å². The van der Waals surface area contributed by atoms with Crippen LogP contribution < -0.4 is 0 Å². The summed E-state index contributed by atoms with van der Waals surface area (Å²) >= 11 is 0. The number of rotatable bonds is 0. The Morgan fingerprint density at radius 3 is 0.765 bits per heavy atom. The minimum atomic E-state index is 0.547. The quantitative estimate of drug-likeness (QED) is 0.245. The summed E-state index contributed by atoms with van der Waals surface area (Å²) in [6.45, 7) is 0. The van der Waals surface area contributed by atoms with Crippen LogP contribution in [0.2, 0.25) is 0 Å². The summed E-state index contributed by atoms with van der Waals surface area (Å²) in [5.41, 5.74) is 2.19. The molecule has 152 valence electrons. The Balaban J connectivity index is 2.03. The van der Waals surface area contributed by atoms with Crippen LogP contribution in [0.25, 0.3) is 53.9 Å². The molecule has 0 heterocycles. The van der Waals surface area contributed by atoms with Gasteiger partial charge in [0.15, 0.2) is 0 Å². The molecule has 0 saturated heterocycles. The van der Waals surface area contributed by atoms with Crippen LogP contribution in [0.4, 0.5) is 0 Å².